The number of rotatable bonds is 5. The van der Waals surface area contributed by atoms with E-state index in [1.54, 1.807) is 0 Å². The molecule has 1 heterocycles. The number of anilines is 1. The molecule has 0 spiro atoms. The van der Waals surface area contributed by atoms with E-state index < -0.39 is 0 Å². The number of nitrogens with one attached hydrogen (secondary N) is 1. The molecule has 3 rings (SSSR count). The Labute approximate surface area is 147 Å². The van der Waals surface area contributed by atoms with Gasteiger partial charge in [-0.05, 0) is 29.8 Å². The molecule has 1 saturated heterocycles. The van der Waals surface area contributed by atoms with Gasteiger partial charge in [-0.3, -0.25) is 9.89 Å². The molecule has 132 valence electrons. The quantitative estimate of drug-likeness (QED) is 0.648. The van der Waals surface area contributed by atoms with Gasteiger partial charge < -0.3 is 15.8 Å². The molecule has 0 aliphatic carbocycles. The average molecular weight is 342 g/mol. The molecule has 2 aromatic carbocycles. The fourth-order valence-electron chi connectivity index (χ4n) is 2.90. The molecule has 0 saturated carbocycles. The molecule has 0 amide bonds. The predicted molar refractivity (Wildman–Crippen MR) is 98.1 cm³/mol. The third-order valence-corrected chi connectivity index (χ3v) is 4.22. The molecular weight excluding hydrogens is 319 g/mol. The number of hydrogen-bond acceptors (Lipinski definition) is 3. The summed E-state index contributed by atoms with van der Waals surface area (Å²) in [6.45, 7) is 3.53. The number of aliphatic imine (C=N–C) groups is 1. The Morgan fingerprint density at radius 1 is 1.12 bits per heavy atom. The van der Waals surface area contributed by atoms with Crippen molar-refractivity contribution in [2.75, 3.05) is 38.2 Å². The molecule has 3 N–H and O–H groups in total. The summed E-state index contributed by atoms with van der Waals surface area (Å²) in [4.78, 5) is 6.80. The van der Waals surface area contributed by atoms with Gasteiger partial charge in [0.15, 0.2) is 5.96 Å². The van der Waals surface area contributed by atoms with Gasteiger partial charge in [-0.2, -0.15) is 0 Å². The summed E-state index contributed by atoms with van der Waals surface area (Å²) in [6.07, 6.45) is 0. The number of para-hydroxylation sites is 1. The first kappa shape index (κ1) is 17.4. The summed E-state index contributed by atoms with van der Waals surface area (Å²) < 4.78 is 18.7. The molecule has 1 unspecified atom stereocenters. The van der Waals surface area contributed by atoms with E-state index in [4.69, 9.17) is 10.5 Å². The fraction of sp³-hybridized carbons (Fsp3) is 0.316. The molecule has 2 aromatic rings. The smallest absolute Gasteiger partial charge is 0.193 e. The fourth-order valence-corrected chi connectivity index (χ4v) is 2.90. The lowest BCUT2D eigenvalue weighted by Gasteiger charge is -2.34. The van der Waals surface area contributed by atoms with Crippen molar-refractivity contribution in [2.24, 2.45) is 10.7 Å². The first-order valence-corrected chi connectivity index (χ1v) is 8.41. The second kappa shape index (κ2) is 8.60. The molecular formula is C19H23FN4O. The number of morpholine rings is 1. The lowest BCUT2D eigenvalue weighted by Crippen LogP contribution is -2.40. The first-order chi connectivity index (χ1) is 12.2. The lowest BCUT2D eigenvalue weighted by atomic mass is 10.0. The highest BCUT2D eigenvalue weighted by molar-refractivity contribution is 5.92. The third kappa shape index (κ3) is 5.01. The van der Waals surface area contributed by atoms with Crippen LogP contribution >= 0.6 is 0 Å². The van der Waals surface area contributed by atoms with Gasteiger partial charge in [-0.1, -0.05) is 30.3 Å². The number of halogens is 1. The van der Waals surface area contributed by atoms with Crippen molar-refractivity contribution in [1.29, 1.82) is 0 Å². The van der Waals surface area contributed by atoms with Crippen LogP contribution in [0.2, 0.25) is 0 Å². The van der Waals surface area contributed by atoms with Gasteiger partial charge in [0.2, 0.25) is 0 Å². The summed E-state index contributed by atoms with van der Waals surface area (Å²) >= 11 is 0. The van der Waals surface area contributed by atoms with E-state index in [0.29, 0.717) is 25.7 Å². The third-order valence-electron chi connectivity index (χ3n) is 4.22. The Morgan fingerprint density at radius 2 is 1.80 bits per heavy atom. The normalized spacial score (nSPS) is 17.2. The monoisotopic (exact) mass is 342 g/mol. The van der Waals surface area contributed by atoms with Crippen LogP contribution in [0, 0.1) is 5.82 Å². The average Bonchev–Trinajstić information content (AvgIpc) is 2.65. The van der Waals surface area contributed by atoms with Crippen molar-refractivity contribution in [3.05, 3.63) is 66.0 Å². The van der Waals surface area contributed by atoms with Crippen molar-refractivity contribution >= 4 is 11.6 Å². The summed E-state index contributed by atoms with van der Waals surface area (Å²) in [7, 11) is 0. The Bertz CT molecular complexity index is 684. The van der Waals surface area contributed by atoms with Gasteiger partial charge in [0.05, 0.1) is 25.8 Å². The second-order valence-corrected chi connectivity index (χ2v) is 5.93. The van der Waals surface area contributed by atoms with Crippen LogP contribution in [-0.4, -0.2) is 43.7 Å². The van der Waals surface area contributed by atoms with Gasteiger partial charge >= 0.3 is 0 Å². The zero-order valence-corrected chi connectivity index (χ0v) is 14.1. The number of nitrogens with zero attached hydrogens (tertiary/aromatic N) is 2. The minimum atomic E-state index is -0.238. The molecule has 1 aliphatic heterocycles. The number of benzene rings is 2. The first-order valence-electron chi connectivity index (χ1n) is 8.41. The van der Waals surface area contributed by atoms with E-state index in [9.17, 15) is 4.39 Å². The van der Waals surface area contributed by atoms with Gasteiger partial charge in [-0.25, -0.2) is 4.39 Å². The summed E-state index contributed by atoms with van der Waals surface area (Å²) in [5.41, 5.74) is 7.95. The highest BCUT2D eigenvalue weighted by atomic mass is 19.1. The molecule has 6 heteroatoms. The van der Waals surface area contributed by atoms with Gasteiger partial charge in [0.1, 0.15) is 5.82 Å². The maximum atomic E-state index is 13.3. The SMILES string of the molecule is NC(=NCC(c1ccc(F)cc1)N1CCOCC1)Nc1ccccc1. The molecule has 1 atom stereocenters. The minimum absolute atomic E-state index is 0.0422. The van der Waals surface area contributed by atoms with Crippen LogP contribution in [0.5, 0.6) is 0 Å². The van der Waals surface area contributed by atoms with Crippen LogP contribution in [0.25, 0.3) is 0 Å². The Kier molecular flexibility index (Phi) is 5.98. The summed E-state index contributed by atoms with van der Waals surface area (Å²) in [6, 6.07) is 16.3. The molecule has 5 nitrogen and oxygen atoms in total. The maximum absolute atomic E-state index is 13.3. The van der Waals surface area contributed by atoms with E-state index in [2.05, 4.69) is 15.2 Å². The van der Waals surface area contributed by atoms with Gasteiger partial charge in [-0.15, -0.1) is 0 Å². The van der Waals surface area contributed by atoms with Crippen LogP contribution in [0.1, 0.15) is 11.6 Å². The summed E-state index contributed by atoms with van der Waals surface area (Å²) in [5.74, 6) is 0.129. The Balaban J connectivity index is 1.72. The van der Waals surface area contributed by atoms with Crippen molar-refractivity contribution in [1.82, 2.24) is 4.90 Å². The van der Waals surface area contributed by atoms with Crippen molar-refractivity contribution in [3.8, 4) is 0 Å². The van der Waals surface area contributed by atoms with Crippen molar-refractivity contribution in [2.45, 2.75) is 6.04 Å². The van der Waals surface area contributed by atoms with Gasteiger partial charge in [0, 0.05) is 18.8 Å². The van der Waals surface area contributed by atoms with Crippen LogP contribution in [0.4, 0.5) is 10.1 Å². The Morgan fingerprint density at radius 3 is 2.48 bits per heavy atom. The highest BCUT2D eigenvalue weighted by Crippen LogP contribution is 2.22. The largest absolute Gasteiger partial charge is 0.379 e. The topological polar surface area (TPSA) is 62.9 Å². The number of nitrogens with two attached hydrogens (primary N) is 1. The standard InChI is InChI=1S/C19H23FN4O/c20-16-8-6-15(7-9-16)18(24-10-12-25-13-11-24)14-22-19(21)23-17-4-2-1-3-5-17/h1-9,18H,10-14H2,(H3,21,22,23). The predicted octanol–water partition coefficient (Wildman–Crippen LogP) is 2.63. The lowest BCUT2D eigenvalue weighted by molar-refractivity contribution is 0.0180. The number of guanidine groups is 1. The second-order valence-electron chi connectivity index (χ2n) is 5.93. The zero-order chi connectivity index (χ0) is 17.5. The molecule has 1 aliphatic rings. The summed E-state index contributed by atoms with van der Waals surface area (Å²) in [5, 5.41) is 3.09. The highest BCUT2D eigenvalue weighted by Gasteiger charge is 2.22. The number of ether oxygens (including phenoxy) is 1. The molecule has 0 bridgehead atoms. The molecule has 25 heavy (non-hydrogen) atoms. The maximum Gasteiger partial charge on any atom is 0.193 e. The molecule has 0 radical (unpaired) electrons. The van der Waals surface area contributed by atoms with E-state index in [-0.39, 0.29) is 11.9 Å². The zero-order valence-electron chi connectivity index (χ0n) is 14.1. The van der Waals surface area contributed by atoms with Crippen LogP contribution in [0.15, 0.2) is 59.6 Å². The van der Waals surface area contributed by atoms with E-state index >= 15 is 0 Å². The number of hydrogen-bond donors (Lipinski definition) is 2. The van der Waals surface area contributed by atoms with E-state index in [1.165, 1.54) is 12.1 Å². The van der Waals surface area contributed by atoms with E-state index in [1.807, 2.05) is 42.5 Å². The Hall–Kier alpha value is -2.44. The van der Waals surface area contributed by atoms with Crippen molar-refractivity contribution in [3.63, 3.8) is 0 Å². The molecule has 0 aromatic heterocycles. The van der Waals surface area contributed by atoms with Crippen LogP contribution in [0.3, 0.4) is 0 Å². The minimum Gasteiger partial charge on any atom is -0.379 e. The van der Waals surface area contributed by atoms with Crippen LogP contribution in [-0.2, 0) is 4.74 Å². The van der Waals surface area contributed by atoms with Crippen molar-refractivity contribution < 1.29 is 9.13 Å². The van der Waals surface area contributed by atoms with Gasteiger partial charge in [0.25, 0.3) is 0 Å². The van der Waals surface area contributed by atoms with Crippen LogP contribution < -0.4 is 11.1 Å². The van der Waals surface area contributed by atoms with E-state index in [0.717, 1.165) is 24.3 Å². The molecule has 1 fully saturated rings.